The summed E-state index contributed by atoms with van der Waals surface area (Å²) in [6, 6.07) is 7.15. The van der Waals surface area contributed by atoms with Gasteiger partial charge >= 0.3 is 0 Å². The van der Waals surface area contributed by atoms with Gasteiger partial charge in [0, 0.05) is 23.6 Å². The lowest BCUT2D eigenvalue weighted by Crippen LogP contribution is -2.11. The van der Waals surface area contributed by atoms with Crippen molar-refractivity contribution in [3.05, 3.63) is 40.9 Å². The molecule has 0 aliphatic heterocycles. The van der Waals surface area contributed by atoms with E-state index in [2.05, 4.69) is 25.8 Å². The average Bonchev–Trinajstić information content (AvgIpc) is 3.07. The Hall–Kier alpha value is -2.61. The maximum Gasteiger partial charge on any atom is 0.257 e. The first kappa shape index (κ1) is 13.4. The number of carbonyl (C=O) groups excluding carboxylic acids is 1. The van der Waals surface area contributed by atoms with E-state index in [1.54, 1.807) is 29.9 Å². The molecule has 0 unspecified atom stereocenters. The first-order valence-electron chi connectivity index (χ1n) is 6.20. The second-order valence-corrected chi connectivity index (χ2v) is 5.31. The molecule has 0 bridgehead atoms. The molecule has 3 rings (SSSR count). The Balaban J connectivity index is 1.86. The van der Waals surface area contributed by atoms with Crippen molar-refractivity contribution < 1.29 is 4.79 Å². The summed E-state index contributed by atoms with van der Waals surface area (Å²) in [4.78, 5) is 16.4. The molecule has 0 saturated carbocycles. The molecule has 21 heavy (non-hydrogen) atoms. The second-order valence-electron chi connectivity index (χ2n) is 4.46. The third kappa shape index (κ3) is 2.79. The number of nitrogens with one attached hydrogen (secondary N) is 1. The van der Waals surface area contributed by atoms with Crippen LogP contribution in [0.15, 0.2) is 29.6 Å². The topological polar surface area (TPSA) is 85.6 Å². The highest BCUT2D eigenvalue weighted by molar-refractivity contribution is 7.13. The number of hydrogen-bond acceptors (Lipinski definition) is 6. The fourth-order valence-corrected chi connectivity index (χ4v) is 2.54. The number of aryl methyl sites for hydroxylation is 2. The normalized spacial score (nSPS) is 10.6. The molecule has 1 N–H and O–H groups in total. The monoisotopic (exact) mass is 300 g/mol. The zero-order chi connectivity index (χ0) is 14.8. The minimum absolute atomic E-state index is 0.207. The lowest BCUT2D eigenvalue weighted by molar-refractivity contribution is 0.102. The summed E-state index contributed by atoms with van der Waals surface area (Å²) in [7, 11) is 1.75. The van der Waals surface area contributed by atoms with Gasteiger partial charge < -0.3 is 0 Å². The van der Waals surface area contributed by atoms with Crippen molar-refractivity contribution in [1.29, 1.82) is 0 Å². The van der Waals surface area contributed by atoms with E-state index in [1.807, 2.05) is 18.4 Å². The summed E-state index contributed by atoms with van der Waals surface area (Å²) in [5, 5.41) is 16.6. The van der Waals surface area contributed by atoms with Crippen LogP contribution in [-0.4, -0.2) is 31.1 Å². The Morgan fingerprint density at radius 2 is 2.24 bits per heavy atom. The zero-order valence-electron chi connectivity index (χ0n) is 11.4. The number of hydrogen-bond donors (Lipinski definition) is 1. The maximum atomic E-state index is 12.2. The minimum atomic E-state index is -0.207. The van der Waals surface area contributed by atoms with Gasteiger partial charge in [-0.1, -0.05) is 12.1 Å². The molecule has 0 aliphatic rings. The Bertz CT molecular complexity index is 793. The van der Waals surface area contributed by atoms with Crippen molar-refractivity contribution in [2.75, 3.05) is 5.32 Å². The summed E-state index contributed by atoms with van der Waals surface area (Å²) in [5.41, 5.74) is 2.20. The van der Waals surface area contributed by atoms with Gasteiger partial charge in [-0.2, -0.15) is 0 Å². The summed E-state index contributed by atoms with van der Waals surface area (Å²) in [6.07, 6.45) is 0. The number of anilines is 1. The van der Waals surface area contributed by atoms with Crippen LogP contribution in [0.1, 0.15) is 16.1 Å². The highest BCUT2D eigenvalue weighted by Crippen LogP contribution is 2.19. The predicted molar refractivity (Wildman–Crippen MR) is 79.0 cm³/mol. The molecular formula is C13H12N6OS. The molecule has 0 aliphatic carbocycles. The lowest BCUT2D eigenvalue weighted by Gasteiger charge is -2.04. The molecule has 0 fully saturated rings. The number of nitrogens with zero attached hydrogens (tertiary/aromatic N) is 5. The van der Waals surface area contributed by atoms with E-state index in [0.717, 1.165) is 11.3 Å². The van der Waals surface area contributed by atoms with Crippen molar-refractivity contribution in [3.8, 4) is 11.4 Å². The molecule has 1 aromatic carbocycles. The van der Waals surface area contributed by atoms with Gasteiger partial charge in [-0.05, 0) is 29.5 Å². The fourth-order valence-electron chi connectivity index (χ4n) is 1.85. The summed E-state index contributed by atoms with van der Waals surface area (Å²) >= 11 is 1.40. The quantitative estimate of drug-likeness (QED) is 0.798. The van der Waals surface area contributed by atoms with Gasteiger partial charge in [0.15, 0.2) is 11.0 Å². The third-order valence-corrected chi connectivity index (χ3v) is 3.72. The van der Waals surface area contributed by atoms with Crippen LogP contribution in [-0.2, 0) is 7.05 Å². The van der Waals surface area contributed by atoms with E-state index in [4.69, 9.17) is 0 Å². The molecule has 3 aromatic rings. The number of benzene rings is 1. The van der Waals surface area contributed by atoms with Gasteiger partial charge in [0.1, 0.15) is 0 Å². The van der Waals surface area contributed by atoms with E-state index < -0.39 is 0 Å². The molecule has 2 aromatic heterocycles. The van der Waals surface area contributed by atoms with E-state index in [-0.39, 0.29) is 5.91 Å². The fraction of sp³-hybridized carbons (Fsp3) is 0.154. The van der Waals surface area contributed by atoms with Crippen LogP contribution in [0.4, 0.5) is 5.13 Å². The van der Waals surface area contributed by atoms with Gasteiger partial charge in [0.25, 0.3) is 5.91 Å². The van der Waals surface area contributed by atoms with Crippen molar-refractivity contribution in [1.82, 2.24) is 25.2 Å². The van der Waals surface area contributed by atoms with Gasteiger partial charge in [-0.3, -0.25) is 10.1 Å². The Labute approximate surface area is 124 Å². The Morgan fingerprint density at radius 1 is 1.38 bits per heavy atom. The number of tetrazole rings is 1. The number of carbonyl (C=O) groups is 1. The zero-order valence-corrected chi connectivity index (χ0v) is 12.3. The number of rotatable bonds is 3. The van der Waals surface area contributed by atoms with Crippen LogP contribution in [0, 0.1) is 6.92 Å². The number of amides is 1. The van der Waals surface area contributed by atoms with Gasteiger partial charge in [0.2, 0.25) is 0 Å². The van der Waals surface area contributed by atoms with E-state index in [9.17, 15) is 4.79 Å². The van der Waals surface area contributed by atoms with Crippen LogP contribution < -0.4 is 5.32 Å². The maximum absolute atomic E-state index is 12.2. The predicted octanol–water partition coefficient (Wildman–Crippen LogP) is 1.89. The third-order valence-electron chi connectivity index (χ3n) is 2.84. The molecule has 0 radical (unpaired) electrons. The molecular weight excluding hydrogens is 288 g/mol. The van der Waals surface area contributed by atoms with Crippen LogP contribution in [0.5, 0.6) is 0 Å². The molecule has 1 amide bonds. The highest BCUT2D eigenvalue weighted by atomic mass is 32.1. The number of aromatic nitrogens is 5. The van der Waals surface area contributed by atoms with E-state index in [0.29, 0.717) is 16.5 Å². The highest BCUT2D eigenvalue weighted by Gasteiger charge is 2.11. The molecule has 0 atom stereocenters. The molecule has 0 saturated heterocycles. The van der Waals surface area contributed by atoms with Crippen LogP contribution in [0.25, 0.3) is 11.4 Å². The minimum Gasteiger partial charge on any atom is -0.298 e. The van der Waals surface area contributed by atoms with Crippen LogP contribution in [0.2, 0.25) is 0 Å². The van der Waals surface area contributed by atoms with Crippen LogP contribution >= 0.6 is 11.3 Å². The first-order valence-corrected chi connectivity index (χ1v) is 7.08. The summed E-state index contributed by atoms with van der Waals surface area (Å²) < 4.78 is 1.56. The van der Waals surface area contributed by atoms with Gasteiger partial charge in [-0.15, -0.1) is 16.4 Å². The van der Waals surface area contributed by atoms with E-state index >= 15 is 0 Å². The van der Waals surface area contributed by atoms with Gasteiger partial charge in [0.05, 0.1) is 5.69 Å². The number of thiazole rings is 1. The molecule has 106 valence electrons. The molecule has 8 heteroatoms. The van der Waals surface area contributed by atoms with Crippen molar-refractivity contribution in [3.63, 3.8) is 0 Å². The Morgan fingerprint density at radius 3 is 2.90 bits per heavy atom. The molecule has 0 spiro atoms. The smallest absolute Gasteiger partial charge is 0.257 e. The first-order chi connectivity index (χ1) is 10.1. The SMILES string of the molecule is Cc1csc(NC(=O)c2cccc(-c3nnnn3C)c2)n1. The lowest BCUT2D eigenvalue weighted by atomic mass is 10.1. The average molecular weight is 300 g/mol. The Kier molecular flexibility index (Phi) is 3.44. The van der Waals surface area contributed by atoms with Crippen molar-refractivity contribution in [2.45, 2.75) is 6.92 Å². The second kappa shape index (κ2) is 5.41. The van der Waals surface area contributed by atoms with Crippen LogP contribution in [0.3, 0.4) is 0 Å². The summed E-state index contributed by atoms with van der Waals surface area (Å²) in [5.74, 6) is 0.399. The van der Waals surface area contributed by atoms with Crippen molar-refractivity contribution >= 4 is 22.4 Å². The largest absolute Gasteiger partial charge is 0.298 e. The summed E-state index contributed by atoms with van der Waals surface area (Å²) in [6.45, 7) is 1.88. The van der Waals surface area contributed by atoms with Gasteiger partial charge in [-0.25, -0.2) is 9.67 Å². The van der Waals surface area contributed by atoms with Crippen molar-refractivity contribution in [2.24, 2.45) is 7.05 Å². The molecule has 7 nitrogen and oxygen atoms in total. The standard InChI is InChI=1S/C13H12N6OS/c1-8-7-21-13(14-8)15-12(20)10-5-3-4-9(6-10)11-16-17-18-19(11)2/h3-7H,1-2H3,(H,14,15,20). The van der Waals surface area contributed by atoms with E-state index in [1.165, 1.54) is 11.3 Å². The molecule has 2 heterocycles.